The number of aliphatic imine (C=N–C) groups is 1. The van der Waals surface area contributed by atoms with E-state index in [9.17, 15) is 4.79 Å². The lowest BCUT2D eigenvalue weighted by atomic mass is 9.41. The molecule has 0 radical (unpaired) electrons. The summed E-state index contributed by atoms with van der Waals surface area (Å²) in [5, 5.41) is 3.43. The van der Waals surface area contributed by atoms with Crippen LogP contribution in [-0.2, 0) is 20.5 Å². The number of nitrogens with two attached hydrogens (primary N) is 1. The van der Waals surface area contributed by atoms with Crippen molar-refractivity contribution in [2.75, 3.05) is 6.54 Å². The topological polar surface area (TPSA) is 98.3 Å². The monoisotopic (exact) mass is 874 g/mol. The van der Waals surface area contributed by atoms with E-state index in [-0.39, 0.29) is 17.2 Å². The second-order valence-corrected chi connectivity index (χ2v) is 18.3. The fraction of sp³-hybridized carbons (Fsp3) is 0.119. The fourth-order valence-corrected chi connectivity index (χ4v) is 8.12. The van der Waals surface area contributed by atoms with E-state index in [0.717, 1.165) is 27.6 Å². The summed E-state index contributed by atoms with van der Waals surface area (Å²) < 4.78 is 9.37. The molecule has 3 N–H and O–H groups in total. The first-order valence-electron chi connectivity index (χ1n) is 18.0. The molecule has 0 bridgehead atoms. The number of Topliss-reactive ketones (excluding diaryl/α,β-unsaturated/α-hetero) is 1. The minimum Gasteiger partial charge on any atom is -0.676 e. The predicted molar refractivity (Wildman–Crippen MR) is 241 cm³/mol. The van der Waals surface area contributed by atoms with Gasteiger partial charge in [-0.05, 0) is 30.0 Å². The molecular weight excluding hydrogens is 843 g/mol. The Morgan fingerprint density at radius 1 is 0.702 bits per heavy atom. The van der Waals surface area contributed by atoms with Gasteiger partial charge in [0.05, 0.1) is 11.3 Å². The number of nitrogens with one attached hydrogen (secondary N) is 1. The first-order valence-corrected chi connectivity index (χ1v) is 20.3. The summed E-state index contributed by atoms with van der Waals surface area (Å²) in [7, 11) is 0. The third-order valence-electron chi connectivity index (χ3n) is 10.00. The zero-order valence-electron chi connectivity index (χ0n) is 30.4. The molecule has 5 aromatic rings. The molecule has 0 saturated carbocycles. The van der Waals surface area contributed by atoms with Crippen LogP contribution in [0, 0.1) is 0 Å². The van der Waals surface area contributed by atoms with Crippen molar-refractivity contribution in [2.24, 2.45) is 15.6 Å². The fourth-order valence-electron chi connectivity index (χ4n) is 7.36. The number of carbonyl (C=O) groups excluding carboxylic acids is 1. The molecule has 290 valence electrons. The van der Waals surface area contributed by atoms with Crippen molar-refractivity contribution in [3.8, 4) is 11.1 Å². The lowest BCUT2D eigenvalue weighted by Gasteiger charge is -2.49. The van der Waals surface area contributed by atoms with Gasteiger partial charge < -0.3 is 25.2 Å². The second-order valence-electron chi connectivity index (χ2n) is 13.8. The van der Waals surface area contributed by atoms with E-state index in [1.165, 1.54) is 6.92 Å². The summed E-state index contributed by atoms with van der Waals surface area (Å²) >= 11 is 38.7. The molecule has 57 heavy (non-hydrogen) atoms. The molecule has 0 saturated heterocycles. The van der Waals surface area contributed by atoms with Crippen molar-refractivity contribution in [3.63, 3.8) is 0 Å². The molecule has 2 aliphatic rings. The molecule has 5 aromatic carbocycles. The smallest absolute Gasteiger partial charge is 0.336 e. The van der Waals surface area contributed by atoms with Gasteiger partial charge in [0.1, 0.15) is 5.88 Å². The third-order valence-corrected chi connectivity index (χ3v) is 11.1. The molecule has 0 fully saturated rings. The van der Waals surface area contributed by atoms with Crippen LogP contribution >= 0.6 is 69.6 Å². The van der Waals surface area contributed by atoms with Gasteiger partial charge in [-0.3, -0.25) is 9.79 Å². The number of alkyl halides is 6. The summed E-state index contributed by atoms with van der Waals surface area (Å²) in [6.45, 7) is -2.90. The maximum absolute atomic E-state index is 12.7. The Labute approximate surface area is 361 Å². The normalized spacial score (nSPS) is 18.8. The first kappa shape index (κ1) is 40.8. The van der Waals surface area contributed by atoms with E-state index in [4.69, 9.17) is 94.5 Å². The van der Waals surface area contributed by atoms with Crippen molar-refractivity contribution in [1.82, 2.24) is 5.23 Å². The highest BCUT2D eigenvalue weighted by Crippen LogP contribution is 2.37. The number of ketones is 1. The molecule has 1 atom stereocenters. The van der Waals surface area contributed by atoms with E-state index >= 15 is 0 Å². The quantitative estimate of drug-likeness (QED) is 0.118. The van der Waals surface area contributed by atoms with E-state index in [1.807, 2.05) is 133 Å². The van der Waals surface area contributed by atoms with Crippen LogP contribution in [0.25, 0.3) is 11.1 Å². The molecule has 15 heteroatoms. The molecule has 0 spiro atoms. The molecular formula is C42H34B2Cl6N4O3-2. The number of nitrogens with zero attached hydrogens (tertiary/aromatic N) is 2. The minimum atomic E-state index is -2.50. The van der Waals surface area contributed by atoms with E-state index in [0.29, 0.717) is 35.5 Å². The number of halogens is 6. The zero-order valence-corrected chi connectivity index (χ0v) is 34.9. The van der Waals surface area contributed by atoms with Gasteiger partial charge in [-0.15, -0.1) is 21.9 Å². The van der Waals surface area contributed by atoms with Crippen LogP contribution < -0.4 is 32.8 Å². The second kappa shape index (κ2) is 16.5. The van der Waals surface area contributed by atoms with Crippen LogP contribution in [0.2, 0.25) is 0 Å². The molecule has 7 nitrogen and oxygen atoms in total. The van der Waals surface area contributed by atoms with E-state index < -0.39 is 26.3 Å². The van der Waals surface area contributed by atoms with Crippen LogP contribution in [0.1, 0.15) is 12.5 Å². The zero-order chi connectivity index (χ0) is 40.4. The Hall–Kier alpha value is -4.34. The van der Waals surface area contributed by atoms with Crippen LogP contribution in [0.15, 0.2) is 173 Å². The highest BCUT2D eigenvalue weighted by molar-refractivity contribution is 6.99. The van der Waals surface area contributed by atoms with Gasteiger partial charge in [0.15, 0.2) is 11.7 Å². The summed E-state index contributed by atoms with van der Waals surface area (Å²) in [6.07, 6.45) is 2.21. The summed E-state index contributed by atoms with van der Waals surface area (Å²) in [5.41, 5.74) is 12.5. The molecule has 1 unspecified atom stereocenters. The Kier molecular flexibility index (Phi) is 11.8. The highest BCUT2D eigenvalue weighted by Gasteiger charge is 2.44. The standard InChI is InChI=1S/C42H34B2Cl6N4O3/c1-28(55)38-39(42(48,49)50)54-44(57-40(38)51,34-20-9-4-10-21-34)35-22-12-15-31(26-35)30-14-11-13-29(25-30)23-24-52-37-27-36(41(45,46)47)53-43(56-37,32-16-5-2-6-17-32)33-18-7-3-8-19-33/h2-22,25-27,53H,23-24,51H2,1H3/q-2. The number of benzene rings is 5. The van der Waals surface area contributed by atoms with E-state index in [1.54, 1.807) is 6.08 Å². The summed E-state index contributed by atoms with van der Waals surface area (Å²) in [4.78, 5) is 22.5. The van der Waals surface area contributed by atoms with Gasteiger partial charge in [0.25, 0.3) is 0 Å². The predicted octanol–water partition coefficient (Wildman–Crippen LogP) is 7.58. The average molecular weight is 877 g/mol. The van der Waals surface area contributed by atoms with Crippen molar-refractivity contribution >= 4 is 122 Å². The van der Waals surface area contributed by atoms with Gasteiger partial charge in [-0.1, -0.05) is 209 Å². The van der Waals surface area contributed by atoms with Gasteiger partial charge in [0, 0.05) is 18.3 Å². The number of hydrogen-bond acceptors (Lipinski definition) is 7. The maximum Gasteiger partial charge on any atom is 0.336 e. The Morgan fingerprint density at radius 2 is 1.25 bits per heavy atom. The van der Waals surface area contributed by atoms with Gasteiger partial charge in [-0.2, -0.15) is 0 Å². The van der Waals surface area contributed by atoms with Crippen molar-refractivity contribution < 1.29 is 14.1 Å². The lowest BCUT2D eigenvalue weighted by Crippen LogP contribution is -2.73. The summed E-state index contributed by atoms with van der Waals surface area (Å²) in [5.74, 6) is -0.272. The Morgan fingerprint density at radius 3 is 1.81 bits per heavy atom. The number of hydrogen-bond donors (Lipinski definition) is 2. The average Bonchev–Trinajstić information content (AvgIpc) is 3.20. The summed E-state index contributed by atoms with van der Waals surface area (Å²) in [6, 6.07) is 44.7. The maximum atomic E-state index is 12.7. The number of rotatable bonds is 9. The molecule has 0 aromatic heterocycles. The molecule has 0 amide bonds. The Bertz CT molecular complexity index is 2380. The van der Waals surface area contributed by atoms with E-state index in [2.05, 4.69) is 11.3 Å². The highest BCUT2D eigenvalue weighted by atomic mass is 35.6. The van der Waals surface area contributed by atoms with Crippen LogP contribution in [0.3, 0.4) is 0 Å². The molecule has 2 heterocycles. The van der Waals surface area contributed by atoms with Gasteiger partial charge in [-0.25, -0.2) is 0 Å². The number of allylic oxidation sites excluding steroid dienone is 2. The van der Waals surface area contributed by atoms with Crippen LogP contribution in [0.5, 0.6) is 0 Å². The van der Waals surface area contributed by atoms with Crippen molar-refractivity contribution in [2.45, 2.75) is 20.9 Å². The Balaban J connectivity index is 1.21. The number of carbonyl (C=O) groups is 1. The van der Waals surface area contributed by atoms with Gasteiger partial charge >= 0.3 is 13.0 Å². The SMILES string of the molecule is CC(=O)C1=C(N)O[B-](c2ccccc2)(c2cccc(-c3cccc(CCN=C4C=C(C(Cl)(Cl)Cl)N[B-](c5ccccc5)(c5ccccc5)O4)c3)c2)N=C1C(Cl)(Cl)Cl. The third kappa shape index (κ3) is 8.61. The molecule has 2 aliphatic heterocycles. The molecule has 0 aliphatic carbocycles. The van der Waals surface area contributed by atoms with Gasteiger partial charge in [0.2, 0.25) is 7.59 Å². The first-order chi connectivity index (χ1) is 27.2. The van der Waals surface area contributed by atoms with Crippen LogP contribution in [0.4, 0.5) is 0 Å². The molecule has 7 rings (SSSR count). The minimum absolute atomic E-state index is 0.0726. The largest absolute Gasteiger partial charge is 0.676 e. The van der Waals surface area contributed by atoms with Crippen molar-refractivity contribution in [3.05, 3.63) is 168 Å². The van der Waals surface area contributed by atoms with Crippen LogP contribution in [-0.4, -0.2) is 44.5 Å². The lowest BCUT2D eigenvalue weighted by molar-refractivity contribution is -0.113. The van der Waals surface area contributed by atoms with Crippen molar-refractivity contribution in [1.29, 1.82) is 0 Å².